The van der Waals surface area contributed by atoms with E-state index in [2.05, 4.69) is 15.5 Å². The van der Waals surface area contributed by atoms with Gasteiger partial charge in [0, 0.05) is 24.9 Å². The molecule has 0 aliphatic rings. The van der Waals surface area contributed by atoms with Crippen molar-refractivity contribution < 1.29 is 9.66 Å². The van der Waals surface area contributed by atoms with E-state index < -0.39 is 4.92 Å². The first kappa shape index (κ1) is 12.8. The highest BCUT2D eigenvalue weighted by Crippen LogP contribution is 2.25. The fourth-order valence-corrected chi connectivity index (χ4v) is 1.56. The van der Waals surface area contributed by atoms with E-state index >= 15 is 0 Å². The van der Waals surface area contributed by atoms with E-state index in [1.54, 1.807) is 17.0 Å². The van der Waals surface area contributed by atoms with Gasteiger partial charge in [-0.25, -0.2) is 0 Å². The number of nitro benzene ring substituents is 1. The second-order valence-electron chi connectivity index (χ2n) is 3.89. The van der Waals surface area contributed by atoms with Gasteiger partial charge in [0.15, 0.2) is 5.82 Å². The second-order valence-corrected chi connectivity index (χ2v) is 3.89. The Morgan fingerprint density at radius 1 is 1.47 bits per heavy atom. The van der Waals surface area contributed by atoms with Gasteiger partial charge in [0.05, 0.1) is 24.6 Å². The standard InChI is InChI=1S/C11H13N5O3/c1-15-7-13-14-11(15)6-12-8-3-9(16(17)18)5-10(4-8)19-2/h3-5,7,12H,6H2,1-2H3. The number of ether oxygens (including phenoxy) is 1. The number of rotatable bonds is 5. The lowest BCUT2D eigenvalue weighted by Crippen LogP contribution is -2.06. The molecule has 8 nitrogen and oxygen atoms in total. The van der Waals surface area contributed by atoms with Gasteiger partial charge in [0.25, 0.3) is 5.69 Å². The molecule has 1 heterocycles. The maximum atomic E-state index is 10.8. The van der Waals surface area contributed by atoms with Crippen LogP contribution in [0.3, 0.4) is 0 Å². The summed E-state index contributed by atoms with van der Waals surface area (Å²) in [6.07, 6.45) is 1.59. The lowest BCUT2D eigenvalue weighted by molar-refractivity contribution is -0.384. The second kappa shape index (κ2) is 5.34. The monoisotopic (exact) mass is 263 g/mol. The van der Waals surface area contributed by atoms with Crippen molar-refractivity contribution >= 4 is 11.4 Å². The molecule has 0 unspecified atom stereocenters. The molecule has 2 aromatic rings. The van der Waals surface area contributed by atoms with E-state index in [1.807, 2.05) is 7.05 Å². The molecular formula is C11H13N5O3. The van der Waals surface area contributed by atoms with Gasteiger partial charge >= 0.3 is 0 Å². The molecule has 1 aromatic carbocycles. The predicted octanol–water partition coefficient (Wildman–Crippen LogP) is 1.34. The number of methoxy groups -OCH3 is 1. The highest BCUT2D eigenvalue weighted by Gasteiger charge is 2.10. The quantitative estimate of drug-likeness (QED) is 0.646. The van der Waals surface area contributed by atoms with Gasteiger partial charge in [-0.15, -0.1) is 10.2 Å². The number of anilines is 1. The van der Waals surface area contributed by atoms with Crippen LogP contribution >= 0.6 is 0 Å². The van der Waals surface area contributed by atoms with Crippen molar-refractivity contribution in [1.29, 1.82) is 0 Å². The topological polar surface area (TPSA) is 95.1 Å². The predicted molar refractivity (Wildman–Crippen MR) is 68.0 cm³/mol. The smallest absolute Gasteiger partial charge is 0.275 e. The maximum absolute atomic E-state index is 10.8. The van der Waals surface area contributed by atoms with Gasteiger partial charge in [-0.3, -0.25) is 10.1 Å². The first-order valence-corrected chi connectivity index (χ1v) is 5.50. The summed E-state index contributed by atoms with van der Waals surface area (Å²) >= 11 is 0. The van der Waals surface area contributed by atoms with Crippen molar-refractivity contribution in [3.05, 3.63) is 40.5 Å². The van der Waals surface area contributed by atoms with E-state index in [9.17, 15) is 10.1 Å². The summed E-state index contributed by atoms with van der Waals surface area (Å²) in [4.78, 5) is 10.3. The van der Waals surface area contributed by atoms with Crippen molar-refractivity contribution in [3.8, 4) is 5.75 Å². The molecule has 19 heavy (non-hydrogen) atoms. The molecule has 0 aliphatic heterocycles. The van der Waals surface area contributed by atoms with Crippen LogP contribution in [-0.4, -0.2) is 26.8 Å². The van der Waals surface area contributed by atoms with Gasteiger partial charge in [0.2, 0.25) is 0 Å². The molecule has 1 aromatic heterocycles. The first-order valence-electron chi connectivity index (χ1n) is 5.50. The zero-order valence-corrected chi connectivity index (χ0v) is 10.5. The van der Waals surface area contributed by atoms with E-state index in [0.29, 0.717) is 18.0 Å². The van der Waals surface area contributed by atoms with Gasteiger partial charge < -0.3 is 14.6 Å². The summed E-state index contributed by atoms with van der Waals surface area (Å²) in [5.74, 6) is 1.15. The average Bonchev–Trinajstić information content (AvgIpc) is 2.81. The molecule has 0 amide bonds. The highest BCUT2D eigenvalue weighted by molar-refractivity contribution is 5.56. The number of hydrogen-bond donors (Lipinski definition) is 1. The third-order valence-corrected chi connectivity index (χ3v) is 2.59. The van der Waals surface area contributed by atoms with Crippen LogP contribution in [-0.2, 0) is 13.6 Å². The largest absolute Gasteiger partial charge is 0.496 e. The van der Waals surface area contributed by atoms with Crippen molar-refractivity contribution in [2.45, 2.75) is 6.54 Å². The molecule has 1 N–H and O–H groups in total. The molecule has 0 saturated heterocycles. The Morgan fingerprint density at radius 2 is 2.26 bits per heavy atom. The summed E-state index contributed by atoms with van der Waals surface area (Å²) in [6, 6.07) is 4.50. The van der Waals surface area contributed by atoms with Crippen LogP contribution in [0.1, 0.15) is 5.82 Å². The summed E-state index contributed by atoms with van der Waals surface area (Å²) in [6.45, 7) is 0.417. The SMILES string of the molecule is COc1cc(NCc2nncn2C)cc([N+](=O)[O-])c1. The molecule has 100 valence electrons. The Kier molecular flexibility index (Phi) is 3.60. The summed E-state index contributed by atoms with van der Waals surface area (Å²) in [5, 5.41) is 21.5. The average molecular weight is 263 g/mol. The van der Waals surface area contributed by atoms with Crippen molar-refractivity contribution in [2.75, 3.05) is 12.4 Å². The van der Waals surface area contributed by atoms with Crippen LogP contribution in [0, 0.1) is 10.1 Å². The third-order valence-electron chi connectivity index (χ3n) is 2.59. The van der Waals surface area contributed by atoms with Crippen molar-refractivity contribution in [1.82, 2.24) is 14.8 Å². The summed E-state index contributed by atoms with van der Waals surface area (Å²) < 4.78 is 6.79. The summed E-state index contributed by atoms with van der Waals surface area (Å²) in [5.41, 5.74) is 0.564. The molecular weight excluding hydrogens is 250 g/mol. The summed E-state index contributed by atoms with van der Waals surface area (Å²) in [7, 11) is 3.29. The Hall–Kier alpha value is -2.64. The Labute approximate surface area is 109 Å². The van der Waals surface area contributed by atoms with Crippen LogP contribution in [0.15, 0.2) is 24.5 Å². The maximum Gasteiger partial charge on any atom is 0.275 e. The lowest BCUT2D eigenvalue weighted by Gasteiger charge is -2.07. The number of nitrogens with one attached hydrogen (secondary N) is 1. The van der Waals surface area contributed by atoms with Crippen LogP contribution in [0.2, 0.25) is 0 Å². The number of non-ortho nitro benzene ring substituents is 1. The normalized spacial score (nSPS) is 10.2. The number of nitrogens with zero attached hydrogens (tertiary/aromatic N) is 4. The van der Waals surface area contributed by atoms with Crippen LogP contribution < -0.4 is 10.1 Å². The third kappa shape index (κ3) is 2.97. The van der Waals surface area contributed by atoms with Gasteiger partial charge in [-0.2, -0.15) is 0 Å². The minimum Gasteiger partial charge on any atom is -0.496 e. The van der Waals surface area contributed by atoms with Crippen LogP contribution in [0.4, 0.5) is 11.4 Å². The van der Waals surface area contributed by atoms with Gasteiger partial charge in [-0.1, -0.05) is 0 Å². The minimum atomic E-state index is -0.462. The zero-order chi connectivity index (χ0) is 13.8. The number of benzene rings is 1. The number of aryl methyl sites for hydroxylation is 1. The molecule has 0 atom stereocenters. The fourth-order valence-electron chi connectivity index (χ4n) is 1.56. The Balaban J connectivity index is 2.17. The van der Waals surface area contributed by atoms with Crippen molar-refractivity contribution in [2.24, 2.45) is 7.05 Å². The first-order chi connectivity index (χ1) is 9.10. The van der Waals surface area contributed by atoms with Crippen LogP contribution in [0.5, 0.6) is 5.75 Å². The highest BCUT2D eigenvalue weighted by atomic mass is 16.6. The molecule has 2 rings (SSSR count). The van der Waals surface area contributed by atoms with E-state index in [-0.39, 0.29) is 5.69 Å². The zero-order valence-electron chi connectivity index (χ0n) is 10.5. The minimum absolute atomic E-state index is 0.0279. The Bertz CT molecular complexity index is 596. The van der Waals surface area contributed by atoms with Gasteiger partial charge in [0.1, 0.15) is 12.1 Å². The van der Waals surface area contributed by atoms with E-state index in [0.717, 1.165) is 5.82 Å². The van der Waals surface area contributed by atoms with Gasteiger partial charge in [-0.05, 0) is 0 Å². The number of nitro groups is 1. The molecule has 0 fully saturated rings. The van der Waals surface area contributed by atoms with Crippen molar-refractivity contribution in [3.63, 3.8) is 0 Å². The number of hydrogen-bond acceptors (Lipinski definition) is 6. The molecule has 0 bridgehead atoms. The van der Waals surface area contributed by atoms with E-state index in [4.69, 9.17) is 4.74 Å². The Morgan fingerprint density at radius 3 is 2.84 bits per heavy atom. The van der Waals surface area contributed by atoms with E-state index in [1.165, 1.54) is 19.2 Å². The molecule has 8 heteroatoms. The molecule has 0 spiro atoms. The van der Waals surface area contributed by atoms with Crippen LogP contribution in [0.25, 0.3) is 0 Å². The molecule has 0 aliphatic carbocycles. The molecule has 0 saturated carbocycles. The number of aromatic nitrogens is 3. The fraction of sp³-hybridized carbons (Fsp3) is 0.273. The lowest BCUT2D eigenvalue weighted by atomic mass is 10.2. The molecule has 0 radical (unpaired) electrons.